The summed E-state index contributed by atoms with van der Waals surface area (Å²) in [5, 5.41) is 0. The number of benzene rings is 1. The molecule has 12 heavy (non-hydrogen) atoms. The smallest absolute Gasteiger partial charge is 0.0316 e. The summed E-state index contributed by atoms with van der Waals surface area (Å²) in [6.45, 7) is 4.00. The van der Waals surface area contributed by atoms with E-state index in [0.29, 0.717) is 0 Å². The molecule has 0 saturated heterocycles. The first-order valence-corrected chi connectivity index (χ1v) is 4.73. The van der Waals surface area contributed by atoms with Crippen molar-refractivity contribution in [3.8, 4) is 0 Å². The van der Waals surface area contributed by atoms with Crippen LogP contribution in [0.5, 0.6) is 0 Å². The Bertz CT molecular complexity index is 253. The van der Waals surface area contributed by atoms with E-state index in [9.17, 15) is 0 Å². The number of aryl methyl sites for hydroxylation is 2. The Hall–Kier alpha value is -0.980. The summed E-state index contributed by atoms with van der Waals surface area (Å²) in [6.07, 6.45) is 3.77. The van der Waals surface area contributed by atoms with Gasteiger partial charge in [0.25, 0.3) is 0 Å². The molecule has 2 N–H and O–H groups in total. The lowest BCUT2D eigenvalue weighted by atomic mass is 10.1. The van der Waals surface area contributed by atoms with E-state index in [1.165, 1.54) is 30.4 Å². The average molecular weight is 163 g/mol. The van der Waals surface area contributed by atoms with Crippen molar-refractivity contribution < 1.29 is 0 Å². The van der Waals surface area contributed by atoms with E-state index in [4.69, 9.17) is 5.73 Å². The van der Waals surface area contributed by atoms with Crippen molar-refractivity contribution in [2.45, 2.75) is 33.1 Å². The number of nitrogens with two attached hydrogens (primary N) is 1. The summed E-state index contributed by atoms with van der Waals surface area (Å²) in [5.74, 6) is 0. The van der Waals surface area contributed by atoms with Crippen LogP contribution in [0.1, 0.15) is 31.4 Å². The number of anilines is 1. The van der Waals surface area contributed by atoms with Crippen LogP contribution in [0.2, 0.25) is 0 Å². The van der Waals surface area contributed by atoms with Crippen LogP contribution in [0.25, 0.3) is 0 Å². The van der Waals surface area contributed by atoms with Crippen LogP contribution in [0.3, 0.4) is 0 Å². The molecule has 0 spiro atoms. The van der Waals surface area contributed by atoms with Crippen molar-refractivity contribution >= 4 is 5.69 Å². The van der Waals surface area contributed by atoms with Gasteiger partial charge in [0.15, 0.2) is 0 Å². The van der Waals surface area contributed by atoms with Gasteiger partial charge in [-0.15, -0.1) is 0 Å². The Morgan fingerprint density at radius 3 is 2.50 bits per heavy atom. The predicted octanol–water partition coefficient (Wildman–Crippen LogP) is 2.78. The second-order valence-electron chi connectivity index (χ2n) is 2.88. The fourth-order valence-corrected chi connectivity index (χ4v) is 1.59. The molecule has 0 atom stereocenters. The Morgan fingerprint density at radius 2 is 1.75 bits per heavy atom. The third kappa shape index (κ3) is 1.79. The minimum absolute atomic E-state index is 0.903. The molecule has 0 aliphatic heterocycles. The zero-order valence-electron chi connectivity index (χ0n) is 7.93. The molecule has 1 heteroatoms. The molecule has 1 nitrogen and oxygen atoms in total. The van der Waals surface area contributed by atoms with Crippen LogP contribution < -0.4 is 5.73 Å². The minimum atomic E-state index is 0.903. The predicted molar refractivity (Wildman–Crippen MR) is 54.2 cm³/mol. The van der Waals surface area contributed by atoms with Gasteiger partial charge in [-0.25, -0.2) is 0 Å². The monoisotopic (exact) mass is 163 g/mol. The van der Waals surface area contributed by atoms with Crippen molar-refractivity contribution in [3.05, 3.63) is 29.3 Å². The van der Waals surface area contributed by atoms with Gasteiger partial charge in [0.05, 0.1) is 0 Å². The molecule has 1 aliphatic carbocycles. The summed E-state index contributed by atoms with van der Waals surface area (Å²) in [7, 11) is 0. The molecule has 0 aromatic heterocycles. The van der Waals surface area contributed by atoms with Gasteiger partial charge in [0.2, 0.25) is 0 Å². The molecular formula is C11H17N. The summed E-state index contributed by atoms with van der Waals surface area (Å²) < 4.78 is 0. The zero-order chi connectivity index (χ0) is 8.97. The first-order chi connectivity index (χ1) is 5.86. The van der Waals surface area contributed by atoms with Gasteiger partial charge in [-0.05, 0) is 42.5 Å². The van der Waals surface area contributed by atoms with E-state index in [1.807, 2.05) is 19.9 Å². The summed E-state index contributed by atoms with van der Waals surface area (Å²) in [6, 6.07) is 6.24. The Kier molecular flexibility index (Phi) is 3.15. The maximum Gasteiger partial charge on any atom is 0.0316 e. The van der Waals surface area contributed by atoms with E-state index in [0.717, 1.165) is 5.69 Å². The molecule has 0 bridgehead atoms. The molecule has 1 aromatic carbocycles. The van der Waals surface area contributed by atoms with E-state index in [-0.39, 0.29) is 0 Å². The van der Waals surface area contributed by atoms with Gasteiger partial charge in [0.1, 0.15) is 0 Å². The molecule has 0 unspecified atom stereocenters. The molecule has 0 radical (unpaired) electrons. The zero-order valence-corrected chi connectivity index (χ0v) is 7.93. The van der Waals surface area contributed by atoms with Crippen molar-refractivity contribution in [2.75, 3.05) is 5.73 Å². The first-order valence-electron chi connectivity index (χ1n) is 4.73. The summed E-state index contributed by atoms with van der Waals surface area (Å²) >= 11 is 0. The highest BCUT2D eigenvalue weighted by molar-refractivity contribution is 5.46. The number of fused-ring (bicyclic) bond motifs is 1. The van der Waals surface area contributed by atoms with E-state index in [2.05, 4.69) is 12.1 Å². The third-order valence-electron chi connectivity index (χ3n) is 2.12. The lowest BCUT2D eigenvalue weighted by Crippen LogP contribution is -1.87. The summed E-state index contributed by atoms with van der Waals surface area (Å²) in [4.78, 5) is 0. The number of hydrogen-bond donors (Lipinski definition) is 1. The van der Waals surface area contributed by atoms with Crippen molar-refractivity contribution in [2.24, 2.45) is 0 Å². The Labute approximate surface area is 74.6 Å². The summed E-state index contributed by atoms with van der Waals surface area (Å²) in [5.41, 5.74) is 9.49. The van der Waals surface area contributed by atoms with Crippen molar-refractivity contribution in [1.29, 1.82) is 0 Å². The normalized spacial score (nSPS) is 13.2. The maximum atomic E-state index is 5.63. The largest absolute Gasteiger partial charge is 0.399 e. The topological polar surface area (TPSA) is 26.0 Å². The molecule has 2 rings (SSSR count). The molecule has 0 heterocycles. The maximum absolute atomic E-state index is 5.63. The molecule has 0 saturated carbocycles. The molecule has 1 aromatic rings. The van der Waals surface area contributed by atoms with Gasteiger partial charge < -0.3 is 5.73 Å². The van der Waals surface area contributed by atoms with Gasteiger partial charge in [0, 0.05) is 5.69 Å². The highest BCUT2D eigenvalue weighted by atomic mass is 14.5. The van der Waals surface area contributed by atoms with Gasteiger partial charge in [-0.2, -0.15) is 0 Å². The van der Waals surface area contributed by atoms with Crippen LogP contribution in [-0.2, 0) is 12.8 Å². The second-order valence-corrected chi connectivity index (χ2v) is 2.88. The SMILES string of the molecule is CC.Nc1ccc2c(c1)CCC2. The highest BCUT2D eigenvalue weighted by Crippen LogP contribution is 2.23. The Morgan fingerprint density at radius 1 is 1.08 bits per heavy atom. The quantitative estimate of drug-likeness (QED) is 0.585. The van der Waals surface area contributed by atoms with Gasteiger partial charge in [-0.3, -0.25) is 0 Å². The number of nitrogen functional groups attached to an aromatic ring is 1. The lowest BCUT2D eigenvalue weighted by molar-refractivity contribution is 0.912. The fourth-order valence-electron chi connectivity index (χ4n) is 1.59. The fraction of sp³-hybridized carbons (Fsp3) is 0.455. The molecule has 0 fully saturated rings. The van der Waals surface area contributed by atoms with Crippen LogP contribution in [0.4, 0.5) is 5.69 Å². The van der Waals surface area contributed by atoms with E-state index >= 15 is 0 Å². The second kappa shape index (κ2) is 4.15. The first kappa shape index (κ1) is 9.11. The number of hydrogen-bond acceptors (Lipinski definition) is 1. The van der Waals surface area contributed by atoms with Crippen LogP contribution >= 0.6 is 0 Å². The average Bonchev–Trinajstić information content (AvgIpc) is 2.54. The molecule has 66 valence electrons. The van der Waals surface area contributed by atoms with E-state index in [1.54, 1.807) is 0 Å². The van der Waals surface area contributed by atoms with Crippen molar-refractivity contribution in [3.63, 3.8) is 0 Å². The standard InChI is InChI=1S/C9H11N.C2H6/c10-9-5-4-7-2-1-3-8(7)6-9;1-2/h4-6H,1-3,10H2;1-2H3. The molecule has 0 amide bonds. The van der Waals surface area contributed by atoms with Gasteiger partial charge in [-0.1, -0.05) is 19.9 Å². The molecule has 1 aliphatic rings. The van der Waals surface area contributed by atoms with Gasteiger partial charge >= 0.3 is 0 Å². The van der Waals surface area contributed by atoms with Crippen LogP contribution in [-0.4, -0.2) is 0 Å². The van der Waals surface area contributed by atoms with Crippen molar-refractivity contribution in [1.82, 2.24) is 0 Å². The Balaban J connectivity index is 0.000000336. The third-order valence-corrected chi connectivity index (χ3v) is 2.12. The minimum Gasteiger partial charge on any atom is -0.399 e. The van der Waals surface area contributed by atoms with Crippen LogP contribution in [0.15, 0.2) is 18.2 Å². The lowest BCUT2D eigenvalue weighted by Gasteiger charge is -1.98. The van der Waals surface area contributed by atoms with E-state index < -0.39 is 0 Å². The highest BCUT2D eigenvalue weighted by Gasteiger charge is 2.09. The van der Waals surface area contributed by atoms with Crippen LogP contribution in [0, 0.1) is 0 Å². The molecular weight excluding hydrogens is 146 g/mol. The number of rotatable bonds is 0.